The van der Waals surface area contributed by atoms with Gasteiger partial charge in [0.15, 0.2) is 5.78 Å². The standard InChI is InChI=1S/C23H23FN2O3/c1-28-21-8-4-16(5-9-21)22(27)17-10-12-26(13-11-17)14-20-15-29-23(25-20)18-2-6-19(24)7-3-18/h2-9,15,17H,10-14H2,1H3. The van der Waals surface area contributed by atoms with Crippen LogP contribution in [0.25, 0.3) is 11.5 Å². The van der Waals surface area contributed by atoms with Gasteiger partial charge in [0.05, 0.1) is 12.8 Å². The summed E-state index contributed by atoms with van der Waals surface area (Å²) in [5.41, 5.74) is 2.33. The van der Waals surface area contributed by atoms with Crippen molar-refractivity contribution in [2.45, 2.75) is 19.4 Å². The van der Waals surface area contributed by atoms with Crippen molar-refractivity contribution in [3.8, 4) is 17.2 Å². The van der Waals surface area contributed by atoms with Gasteiger partial charge in [0.1, 0.15) is 17.8 Å². The summed E-state index contributed by atoms with van der Waals surface area (Å²) >= 11 is 0. The van der Waals surface area contributed by atoms with Crippen molar-refractivity contribution in [3.05, 3.63) is 71.9 Å². The Morgan fingerprint density at radius 3 is 2.48 bits per heavy atom. The highest BCUT2D eigenvalue weighted by Crippen LogP contribution is 2.25. The number of nitrogens with zero attached hydrogens (tertiary/aromatic N) is 2. The highest BCUT2D eigenvalue weighted by molar-refractivity contribution is 5.98. The minimum Gasteiger partial charge on any atom is -0.497 e. The summed E-state index contributed by atoms with van der Waals surface area (Å²) in [6, 6.07) is 13.4. The number of piperidine rings is 1. The molecule has 0 saturated carbocycles. The third-order valence-electron chi connectivity index (χ3n) is 5.36. The first-order valence-electron chi connectivity index (χ1n) is 9.73. The number of benzene rings is 2. The Hall–Kier alpha value is -2.99. The lowest BCUT2D eigenvalue weighted by Gasteiger charge is -2.30. The minimum atomic E-state index is -0.285. The van der Waals surface area contributed by atoms with Crippen LogP contribution in [0, 0.1) is 11.7 Å². The quantitative estimate of drug-likeness (QED) is 0.573. The molecule has 1 aromatic heterocycles. The fourth-order valence-corrected chi connectivity index (χ4v) is 3.68. The fraction of sp³-hybridized carbons (Fsp3) is 0.304. The summed E-state index contributed by atoms with van der Waals surface area (Å²) in [6.07, 6.45) is 3.30. The molecule has 0 amide bonds. The van der Waals surface area contributed by atoms with Crippen LogP contribution < -0.4 is 4.74 Å². The van der Waals surface area contributed by atoms with E-state index in [1.165, 1.54) is 12.1 Å². The molecule has 1 fully saturated rings. The van der Waals surface area contributed by atoms with Gasteiger partial charge in [-0.2, -0.15) is 0 Å². The largest absolute Gasteiger partial charge is 0.497 e. The van der Waals surface area contributed by atoms with Gasteiger partial charge in [-0.1, -0.05) is 0 Å². The van der Waals surface area contributed by atoms with E-state index in [1.54, 1.807) is 25.5 Å². The van der Waals surface area contributed by atoms with Crippen LogP contribution in [-0.2, 0) is 6.54 Å². The number of rotatable bonds is 6. The van der Waals surface area contributed by atoms with E-state index in [4.69, 9.17) is 9.15 Å². The minimum absolute atomic E-state index is 0.0479. The first-order chi connectivity index (χ1) is 14.1. The first kappa shape index (κ1) is 19.3. The van der Waals surface area contributed by atoms with Gasteiger partial charge < -0.3 is 9.15 Å². The lowest BCUT2D eigenvalue weighted by molar-refractivity contribution is 0.0834. The summed E-state index contributed by atoms with van der Waals surface area (Å²) in [6.45, 7) is 2.35. The average Bonchev–Trinajstić information content (AvgIpc) is 3.23. The Morgan fingerprint density at radius 2 is 1.83 bits per heavy atom. The molecular weight excluding hydrogens is 371 g/mol. The Kier molecular flexibility index (Phi) is 5.71. The number of carbonyl (C=O) groups excluding carboxylic acids is 1. The van der Waals surface area contributed by atoms with Crippen LogP contribution in [0.3, 0.4) is 0 Å². The summed E-state index contributed by atoms with van der Waals surface area (Å²) in [7, 11) is 1.62. The van der Waals surface area contributed by atoms with E-state index in [9.17, 15) is 9.18 Å². The van der Waals surface area contributed by atoms with Crippen LogP contribution in [0.1, 0.15) is 28.9 Å². The number of oxazole rings is 1. The van der Waals surface area contributed by atoms with E-state index in [2.05, 4.69) is 9.88 Å². The van der Waals surface area contributed by atoms with Crippen molar-refractivity contribution >= 4 is 5.78 Å². The smallest absolute Gasteiger partial charge is 0.226 e. The van der Waals surface area contributed by atoms with E-state index in [0.717, 1.165) is 48.5 Å². The number of Topliss-reactive ketones (excluding diaryl/α,β-unsaturated/α-hetero) is 1. The summed E-state index contributed by atoms with van der Waals surface area (Å²) in [5, 5.41) is 0. The van der Waals surface area contributed by atoms with Crippen LogP contribution in [0.15, 0.2) is 59.2 Å². The second-order valence-corrected chi connectivity index (χ2v) is 7.29. The molecule has 150 valence electrons. The van der Waals surface area contributed by atoms with Gasteiger partial charge in [-0.3, -0.25) is 9.69 Å². The zero-order valence-electron chi connectivity index (χ0n) is 16.3. The van der Waals surface area contributed by atoms with E-state index in [0.29, 0.717) is 12.4 Å². The molecule has 0 unspecified atom stereocenters. The maximum atomic E-state index is 13.1. The predicted molar refractivity (Wildman–Crippen MR) is 107 cm³/mol. The Labute approximate surface area is 169 Å². The molecule has 0 aliphatic carbocycles. The highest BCUT2D eigenvalue weighted by atomic mass is 19.1. The topological polar surface area (TPSA) is 55.6 Å². The number of hydrogen-bond donors (Lipinski definition) is 0. The van der Waals surface area contributed by atoms with E-state index >= 15 is 0 Å². The molecule has 4 rings (SSSR count). The van der Waals surface area contributed by atoms with Gasteiger partial charge in [-0.25, -0.2) is 9.37 Å². The van der Waals surface area contributed by atoms with Gasteiger partial charge in [0, 0.05) is 23.6 Å². The predicted octanol–water partition coefficient (Wildman–Crippen LogP) is 4.58. The number of aromatic nitrogens is 1. The van der Waals surface area contributed by atoms with Gasteiger partial charge in [0.2, 0.25) is 5.89 Å². The van der Waals surface area contributed by atoms with Crippen molar-refractivity contribution in [2.24, 2.45) is 5.92 Å². The molecular formula is C23H23FN2O3. The van der Waals surface area contributed by atoms with Crippen molar-refractivity contribution in [2.75, 3.05) is 20.2 Å². The number of halogens is 1. The molecule has 0 spiro atoms. The second kappa shape index (κ2) is 8.57. The third-order valence-corrected chi connectivity index (χ3v) is 5.36. The Balaban J connectivity index is 1.32. The maximum Gasteiger partial charge on any atom is 0.226 e. The maximum absolute atomic E-state index is 13.1. The van der Waals surface area contributed by atoms with Crippen LogP contribution in [0.2, 0.25) is 0 Å². The van der Waals surface area contributed by atoms with E-state index in [1.807, 2.05) is 24.3 Å². The van der Waals surface area contributed by atoms with Crippen molar-refractivity contribution in [1.29, 1.82) is 0 Å². The Morgan fingerprint density at radius 1 is 1.14 bits per heavy atom. The number of ether oxygens (including phenoxy) is 1. The lowest BCUT2D eigenvalue weighted by Crippen LogP contribution is -2.36. The van der Waals surface area contributed by atoms with Gasteiger partial charge in [-0.15, -0.1) is 0 Å². The summed E-state index contributed by atoms with van der Waals surface area (Å²) < 4.78 is 23.8. The number of methoxy groups -OCH3 is 1. The molecule has 0 radical (unpaired) electrons. The molecule has 1 aliphatic heterocycles. The number of hydrogen-bond acceptors (Lipinski definition) is 5. The van der Waals surface area contributed by atoms with Crippen LogP contribution in [0.4, 0.5) is 4.39 Å². The van der Waals surface area contributed by atoms with E-state index in [-0.39, 0.29) is 17.5 Å². The Bertz CT molecular complexity index is 959. The van der Waals surface area contributed by atoms with Crippen molar-refractivity contribution in [1.82, 2.24) is 9.88 Å². The normalized spacial score (nSPS) is 15.4. The number of carbonyl (C=O) groups is 1. The number of likely N-dealkylation sites (tertiary alicyclic amines) is 1. The molecule has 5 nitrogen and oxygen atoms in total. The summed E-state index contributed by atoms with van der Waals surface area (Å²) in [4.78, 5) is 19.5. The van der Waals surface area contributed by atoms with Crippen LogP contribution in [-0.4, -0.2) is 35.9 Å². The zero-order chi connectivity index (χ0) is 20.2. The SMILES string of the molecule is COc1ccc(C(=O)C2CCN(Cc3coc(-c4ccc(F)cc4)n3)CC2)cc1. The zero-order valence-corrected chi connectivity index (χ0v) is 16.3. The van der Waals surface area contributed by atoms with E-state index < -0.39 is 0 Å². The molecule has 29 heavy (non-hydrogen) atoms. The van der Waals surface area contributed by atoms with Crippen LogP contribution >= 0.6 is 0 Å². The summed E-state index contributed by atoms with van der Waals surface area (Å²) in [5.74, 6) is 1.21. The third kappa shape index (κ3) is 4.54. The number of ketones is 1. The van der Waals surface area contributed by atoms with Gasteiger partial charge in [-0.05, 0) is 74.5 Å². The van der Waals surface area contributed by atoms with Crippen molar-refractivity contribution in [3.63, 3.8) is 0 Å². The van der Waals surface area contributed by atoms with Gasteiger partial charge >= 0.3 is 0 Å². The molecule has 1 saturated heterocycles. The molecule has 0 atom stereocenters. The lowest BCUT2D eigenvalue weighted by atomic mass is 9.89. The molecule has 2 heterocycles. The molecule has 0 bridgehead atoms. The molecule has 3 aromatic rings. The molecule has 2 aromatic carbocycles. The average molecular weight is 394 g/mol. The molecule has 1 aliphatic rings. The van der Waals surface area contributed by atoms with Gasteiger partial charge in [0.25, 0.3) is 0 Å². The molecule has 6 heteroatoms. The molecule has 0 N–H and O–H groups in total. The fourth-order valence-electron chi connectivity index (χ4n) is 3.68. The highest BCUT2D eigenvalue weighted by Gasteiger charge is 2.26. The monoisotopic (exact) mass is 394 g/mol. The second-order valence-electron chi connectivity index (χ2n) is 7.29. The first-order valence-corrected chi connectivity index (χ1v) is 9.73. The van der Waals surface area contributed by atoms with Crippen LogP contribution in [0.5, 0.6) is 5.75 Å². The van der Waals surface area contributed by atoms with Crippen molar-refractivity contribution < 1.29 is 18.3 Å².